The molecule has 1 aliphatic heterocycles. The largest absolute Gasteiger partial charge is 0.385 e. The maximum atomic E-state index is 5.98. The predicted octanol–water partition coefficient (Wildman–Crippen LogP) is 2.58. The summed E-state index contributed by atoms with van der Waals surface area (Å²) in [6.45, 7) is 7.01. The van der Waals surface area contributed by atoms with Crippen molar-refractivity contribution in [1.82, 2.24) is 14.3 Å². The van der Waals surface area contributed by atoms with Crippen molar-refractivity contribution in [1.29, 1.82) is 0 Å². The van der Waals surface area contributed by atoms with Crippen LogP contribution in [-0.4, -0.2) is 33.4 Å². The lowest BCUT2D eigenvalue weighted by atomic mass is 9.93. The molecular weight excluding hydrogens is 248 g/mol. The molecule has 2 aromatic rings. The number of nitrogen functional groups attached to an aromatic ring is 1. The lowest BCUT2D eigenvalue weighted by Gasteiger charge is -2.35. The van der Waals surface area contributed by atoms with Crippen molar-refractivity contribution < 1.29 is 0 Å². The molecular formula is C16H24N4. The van der Waals surface area contributed by atoms with Crippen molar-refractivity contribution in [3.63, 3.8) is 0 Å². The second kappa shape index (κ2) is 5.44. The monoisotopic (exact) mass is 272 g/mol. The fourth-order valence-corrected chi connectivity index (χ4v) is 3.21. The molecule has 2 N–H and O–H groups in total. The molecule has 3 rings (SSSR count). The summed E-state index contributed by atoms with van der Waals surface area (Å²) < 4.78 is 1.98. The Balaban J connectivity index is 1.74. The van der Waals surface area contributed by atoms with Gasteiger partial charge < -0.3 is 10.6 Å². The third-order valence-electron chi connectivity index (χ3n) is 4.35. The number of piperidine rings is 1. The lowest BCUT2D eigenvalue weighted by molar-refractivity contribution is 0.139. The number of aromatic nitrogens is 2. The standard InChI is InChI=1S/C16H24N4/c1-12(2)19-8-4-5-13(10-19)9-14-11-20-15(17)6-3-7-16(20)18-14/h3,6-7,11-13H,4-5,8-10,17H2,1-2H3. The Morgan fingerprint density at radius 3 is 3.00 bits per heavy atom. The van der Waals surface area contributed by atoms with Gasteiger partial charge in [0, 0.05) is 18.8 Å². The van der Waals surface area contributed by atoms with Crippen LogP contribution >= 0.6 is 0 Å². The smallest absolute Gasteiger partial charge is 0.138 e. The van der Waals surface area contributed by atoms with Crippen LogP contribution in [0.25, 0.3) is 5.65 Å². The van der Waals surface area contributed by atoms with E-state index >= 15 is 0 Å². The topological polar surface area (TPSA) is 46.6 Å². The van der Waals surface area contributed by atoms with Gasteiger partial charge in [-0.05, 0) is 57.7 Å². The van der Waals surface area contributed by atoms with E-state index in [2.05, 4.69) is 24.9 Å². The zero-order valence-corrected chi connectivity index (χ0v) is 12.4. The minimum Gasteiger partial charge on any atom is -0.385 e. The molecule has 1 fully saturated rings. The second-order valence-corrected chi connectivity index (χ2v) is 6.21. The van der Waals surface area contributed by atoms with Crippen LogP contribution in [-0.2, 0) is 6.42 Å². The third-order valence-corrected chi connectivity index (χ3v) is 4.35. The summed E-state index contributed by atoms with van der Waals surface area (Å²) in [6.07, 6.45) is 5.77. The summed E-state index contributed by atoms with van der Waals surface area (Å²) in [5.41, 5.74) is 8.10. The maximum Gasteiger partial charge on any atom is 0.138 e. The Bertz CT molecular complexity index is 587. The van der Waals surface area contributed by atoms with Crippen LogP contribution in [0.5, 0.6) is 0 Å². The van der Waals surface area contributed by atoms with Gasteiger partial charge in [-0.3, -0.25) is 4.40 Å². The van der Waals surface area contributed by atoms with Crippen molar-refractivity contribution in [2.75, 3.05) is 18.8 Å². The summed E-state index contributed by atoms with van der Waals surface area (Å²) in [7, 11) is 0. The van der Waals surface area contributed by atoms with Crippen molar-refractivity contribution in [3.05, 3.63) is 30.1 Å². The van der Waals surface area contributed by atoms with E-state index in [9.17, 15) is 0 Å². The second-order valence-electron chi connectivity index (χ2n) is 6.21. The molecule has 0 amide bonds. The van der Waals surface area contributed by atoms with Crippen LogP contribution in [0, 0.1) is 5.92 Å². The Hall–Kier alpha value is -1.55. The minimum atomic E-state index is 0.648. The molecule has 3 heterocycles. The van der Waals surface area contributed by atoms with Crippen molar-refractivity contribution in [2.45, 2.75) is 39.2 Å². The highest BCUT2D eigenvalue weighted by Gasteiger charge is 2.22. The molecule has 1 atom stereocenters. The van der Waals surface area contributed by atoms with Gasteiger partial charge in [-0.2, -0.15) is 0 Å². The number of likely N-dealkylation sites (tertiary alicyclic amines) is 1. The number of anilines is 1. The highest BCUT2D eigenvalue weighted by Crippen LogP contribution is 2.22. The summed E-state index contributed by atoms with van der Waals surface area (Å²) in [5.74, 6) is 1.48. The first kappa shape index (κ1) is 13.4. The van der Waals surface area contributed by atoms with E-state index in [1.54, 1.807) is 0 Å². The normalized spacial score (nSPS) is 20.9. The number of hydrogen-bond donors (Lipinski definition) is 1. The molecule has 0 aliphatic carbocycles. The van der Waals surface area contributed by atoms with Crippen molar-refractivity contribution in [2.24, 2.45) is 5.92 Å². The number of nitrogens with two attached hydrogens (primary N) is 1. The van der Waals surface area contributed by atoms with E-state index in [4.69, 9.17) is 10.7 Å². The van der Waals surface area contributed by atoms with Crippen LogP contribution in [0.3, 0.4) is 0 Å². The van der Waals surface area contributed by atoms with E-state index in [-0.39, 0.29) is 0 Å². The van der Waals surface area contributed by atoms with Gasteiger partial charge >= 0.3 is 0 Å². The zero-order chi connectivity index (χ0) is 14.1. The highest BCUT2D eigenvalue weighted by atomic mass is 15.2. The Morgan fingerprint density at radius 2 is 2.25 bits per heavy atom. The number of fused-ring (bicyclic) bond motifs is 1. The fourth-order valence-electron chi connectivity index (χ4n) is 3.21. The molecule has 0 saturated carbocycles. The van der Waals surface area contributed by atoms with Gasteiger partial charge in [-0.15, -0.1) is 0 Å². The van der Waals surface area contributed by atoms with Crippen molar-refractivity contribution in [3.8, 4) is 0 Å². The van der Waals surface area contributed by atoms with Gasteiger partial charge in [0.2, 0.25) is 0 Å². The Labute approximate surface area is 120 Å². The van der Waals surface area contributed by atoms with Gasteiger partial charge in [-0.25, -0.2) is 4.98 Å². The maximum absolute atomic E-state index is 5.98. The van der Waals surface area contributed by atoms with Crippen LogP contribution in [0.15, 0.2) is 24.4 Å². The molecule has 108 valence electrons. The highest BCUT2D eigenvalue weighted by molar-refractivity contribution is 5.48. The summed E-state index contributed by atoms with van der Waals surface area (Å²) in [5, 5.41) is 0. The van der Waals surface area contributed by atoms with Gasteiger partial charge in [0.25, 0.3) is 0 Å². The van der Waals surface area contributed by atoms with Crippen LogP contribution in [0.2, 0.25) is 0 Å². The average molecular weight is 272 g/mol. The van der Waals surface area contributed by atoms with E-state index in [0.29, 0.717) is 6.04 Å². The molecule has 1 aliphatic rings. The molecule has 1 saturated heterocycles. The van der Waals surface area contributed by atoms with E-state index in [1.165, 1.54) is 31.6 Å². The summed E-state index contributed by atoms with van der Waals surface area (Å²) >= 11 is 0. The Morgan fingerprint density at radius 1 is 1.40 bits per heavy atom. The third kappa shape index (κ3) is 2.66. The van der Waals surface area contributed by atoms with Gasteiger partial charge in [-0.1, -0.05) is 6.07 Å². The van der Waals surface area contributed by atoms with Gasteiger partial charge in [0.1, 0.15) is 11.5 Å². The molecule has 2 aromatic heterocycles. The summed E-state index contributed by atoms with van der Waals surface area (Å²) in [4.78, 5) is 7.28. The minimum absolute atomic E-state index is 0.648. The first-order chi connectivity index (χ1) is 9.63. The number of hydrogen-bond acceptors (Lipinski definition) is 3. The lowest BCUT2D eigenvalue weighted by Crippen LogP contribution is -2.40. The Kier molecular flexibility index (Phi) is 3.66. The number of imidazole rings is 1. The summed E-state index contributed by atoms with van der Waals surface area (Å²) in [6, 6.07) is 6.54. The molecule has 0 aromatic carbocycles. The van der Waals surface area contributed by atoms with Crippen LogP contribution < -0.4 is 5.73 Å². The van der Waals surface area contributed by atoms with Crippen LogP contribution in [0.4, 0.5) is 5.82 Å². The van der Waals surface area contributed by atoms with E-state index < -0.39 is 0 Å². The van der Waals surface area contributed by atoms with Crippen molar-refractivity contribution >= 4 is 11.5 Å². The van der Waals surface area contributed by atoms with E-state index in [0.717, 1.165) is 23.8 Å². The zero-order valence-electron chi connectivity index (χ0n) is 12.4. The predicted molar refractivity (Wildman–Crippen MR) is 82.7 cm³/mol. The molecule has 0 bridgehead atoms. The first-order valence-electron chi connectivity index (χ1n) is 7.60. The SMILES string of the molecule is CC(C)N1CCCC(Cc2cn3c(N)cccc3n2)C1. The van der Waals surface area contributed by atoms with Gasteiger partial charge in [0.05, 0.1) is 5.69 Å². The van der Waals surface area contributed by atoms with Crippen LogP contribution in [0.1, 0.15) is 32.4 Å². The molecule has 20 heavy (non-hydrogen) atoms. The number of rotatable bonds is 3. The molecule has 0 radical (unpaired) electrons. The molecule has 4 nitrogen and oxygen atoms in total. The first-order valence-corrected chi connectivity index (χ1v) is 7.60. The number of nitrogens with zero attached hydrogens (tertiary/aromatic N) is 3. The quantitative estimate of drug-likeness (QED) is 0.934. The van der Waals surface area contributed by atoms with E-state index in [1.807, 2.05) is 22.6 Å². The van der Waals surface area contributed by atoms with Gasteiger partial charge in [0.15, 0.2) is 0 Å². The molecule has 4 heteroatoms. The number of pyridine rings is 1. The fraction of sp³-hybridized carbons (Fsp3) is 0.562. The molecule has 1 unspecified atom stereocenters. The average Bonchev–Trinajstić information content (AvgIpc) is 2.83. The molecule has 0 spiro atoms.